The van der Waals surface area contributed by atoms with E-state index >= 15 is 0 Å². The second-order valence-electron chi connectivity index (χ2n) is 4.87. The summed E-state index contributed by atoms with van der Waals surface area (Å²) in [6.45, 7) is 1.30. The minimum Gasteiger partial charge on any atom is -0.394 e. The molecule has 19 heavy (non-hydrogen) atoms. The number of aromatic nitrogens is 3. The minimum absolute atomic E-state index is 0.0895. The Bertz CT molecular complexity index is 552. The van der Waals surface area contributed by atoms with Crippen LogP contribution < -0.4 is 5.32 Å². The molecule has 0 amide bonds. The van der Waals surface area contributed by atoms with Crippen molar-refractivity contribution < 1.29 is 5.11 Å². The second-order valence-corrected chi connectivity index (χ2v) is 4.87. The van der Waals surface area contributed by atoms with Crippen LogP contribution in [0.1, 0.15) is 29.3 Å². The SMILES string of the molecule is OCCn1cc(CNC2CCc3ccccc32)nn1. The predicted octanol–water partition coefficient (Wildman–Crippen LogP) is 1.05. The van der Waals surface area contributed by atoms with E-state index in [-0.39, 0.29) is 6.61 Å². The Labute approximate surface area is 112 Å². The molecule has 1 aromatic heterocycles. The van der Waals surface area contributed by atoms with Crippen LogP contribution in [0.15, 0.2) is 30.5 Å². The van der Waals surface area contributed by atoms with Gasteiger partial charge in [-0.25, -0.2) is 4.68 Å². The zero-order valence-electron chi connectivity index (χ0n) is 10.8. The molecule has 1 aliphatic rings. The molecular weight excluding hydrogens is 240 g/mol. The molecule has 1 aromatic carbocycles. The first-order chi connectivity index (χ1) is 9.36. The Balaban J connectivity index is 1.61. The van der Waals surface area contributed by atoms with Crippen molar-refractivity contribution in [2.24, 2.45) is 0 Å². The number of hydrogen-bond acceptors (Lipinski definition) is 4. The molecule has 2 N–H and O–H groups in total. The Morgan fingerprint density at radius 1 is 1.37 bits per heavy atom. The van der Waals surface area contributed by atoms with Gasteiger partial charge in [0, 0.05) is 18.8 Å². The van der Waals surface area contributed by atoms with Gasteiger partial charge < -0.3 is 10.4 Å². The van der Waals surface area contributed by atoms with Crippen LogP contribution in [0, 0.1) is 0 Å². The van der Waals surface area contributed by atoms with Gasteiger partial charge in [0.25, 0.3) is 0 Å². The molecule has 1 aliphatic carbocycles. The van der Waals surface area contributed by atoms with Crippen LogP contribution in [-0.2, 0) is 19.5 Å². The number of nitrogens with zero attached hydrogens (tertiary/aromatic N) is 3. The Kier molecular flexibility index (Phi) is 3.57. The van der Waals surface area contributed by atoms with Crippen LogP contribution in [0.25, 0.3) is 0 Å². The number of aryl methyl sites for hydroxylation is 1. The van der Waals surface area contributed by atoms with E-state index in [2.05, 4.69) is 39.9 Å². The number of nitrogens with one attached hydrogen (secondary N) is 1. The minimum atomic E-state index is 0.0895. The van der Waals surface area contributed by atoms with Crippen molar-refractivity contribution in [2.45, 2.75) is 32.0 Å². The molecule has 0 saturated carbocycles. The van der Waals surface area contributed by atoms with Gasteiger partial charge in [0.05, 0.1) is 18.8 Å². The summed E-state index contributed by atoms with van der Waals surface area (Å²) in [7, 11) is 0. The van der Waals surface area contributed by atoms with Crippen LogP contribution in [0.3, 0.4) is 0 Å². The Morgan fingerprint density at radius 3 is 3.16 bits per heavy atom. The molecule has 100 valence electrons. The van der Waals surface area contributed by atoms with Crippen molar-refractivity contribution >= 4 is 0 Å². The molecule has 5 nitrogen and oxygen atoms in total. The first-order valence-electron chi connectivity index (χ1n) is 6.68. The summed E-state index contributed by atoms with van der Waals surface area (Å²) < 4.78 is 1.67. The largest absolute Gasteiger partial charge is 0.394 e. The highest BCUT2D eigenvalue weighted by Crippen LogP contribution is 2.30. The first kappa shape index (κ1) is 12.3. The maximum Gasteiger partial charge on any atom is 0.0965 e. The normalized spacial score (nSPS) is 17.6. The molecule has 1 atom stereocenters. The van der Waals surface area contributed by atoms with E-state index in [0.717, 1.165) is 18.5 Å². The maximum atomic E-state index is 8.84. The molecule has 0 radical (unpaired) electrons. The van der Waals surface area contributed by atoms with Crippen molar-refractivity contribution in [2.75, 3.05) is 6.61 Å². The van der Waals surface area contributed by atoms with Crippen LogP contribution >= 0.6 is 0 Å². The molecule has 0 spiro atoms. The summed E-state index contributed by atoms with van der Waals surface area (Å²) in [6, 6.07) is 9.01. The number of rotatable bonds is 5. The average molecular weight is 258 g/mol. The Hall–Kier alpha value is -1.72. The van der Waals surface area contributed by atoms with E-state index in [9.17, 15) is 0 Å². The maximum absolute atomic E-state index is 8.84. The third-order valence-electron chi connectivity index (χ3n) is 3.58. The zero-order chi connectivity index (χ0) is 13.1. The van der Waals surface area contributed by atoms with Crippen molar-refractivity contribution in [3.63, 3.8) is 0 Å². The lowest BCUT2D eigenvalue weighted by molar-refractivity contribution is 0.268. The van der Waals surface area contributed by atoms with Gasteiger partial charge in [-0.15, -0.1) is 5.10 Å². The van der Waals surface area contributed by atoms with Crippen LogP contribution in [0.2, 0.25) is 0 Å². The highest BCUT2D eigenvalue weighted by Gasteiger charge is 2.21. The third-order valence-corrected chi connectivity index (χ3v) is 3.58. The number of aliphatic hydroxyl groups excluding tert-OH is 1. The van der Waals surface area contributed by atoms with Crippen molar-refractivity contribution in [1.29, 1.82) is 0 Å². The highest BCUT2D eigenvalue weighted by atomic mass is 16.3. The zero-order valence-corrected chi connectivity index (χ0v) is 10.8. The second kappa shape index (κ2) is 5.50. The molecule has 2 aromatic rings. The van der Waals surface area contributed by atoms with E-state index in [0.29, 0.717) is 19.1 Å². The summed E-state index contributed by atoms with van der Waals surface area (Å²) in [6.07, 6.45) is 4.17. The topological polar surface area (TPSA) is 63.0 Å². The summed E-state index contributed by atoms with van der Waals surface area (Å²) in [4.78, 5) is 0. The Morgan fingerprint density at radius 2 is 2.26 bits per heavy atom. The lowest BCUT2D eigenvalue weighted by atomic mass is 10.1. The fourth-order valence-corrected chi connectivity index (χ4v) is 2.63. The lowest BCUT2D eigenvalue weighted by Crippen LogP contribution is -2.18. The van der Waals surface area contributed by atoms with Crippen molar-refractivity contribution in [3.05, 3.63) is 47.3 Å². The van der Waals surface area contributed by atoms with Crippen LogP contribution in [-0.4, -0.2) is 26.7 Å². The quantitative estimate of drug-likeness (QED) is 0.841. The predicted molar refractivity (Wildman–Crippen MR) is 71.5 cm³/mol. The first-order valence-corrected chi connectivity index (χ1v) is 6.68. The van der Waals surface area contributed by atoms with Crippen LogP contribution in [0.5, 0.6) is 0 Å². The van der Waals surface area contributed by atoms with Gasteiger partial charge in [-0.2, -0.15) is 0 Å². The van der Waals surface area contributed by atoms with Gasteiger partial charge in [0.1, 0.15) is 0 Å². The third kappa shape index (κ3) is 2.67. The van der Waals surface area contributed by atoms with E-state index in [1.807, 2.05) is 6.20 Å². The molecule has 0 aliphatic heterocycles. The molecule has 5 heteroatoms. The number of fused-ring (bicyclic) bond motifs is 1. The highest BCUT2D eigenvalue weighted by molar-refractivity contribution is 5.34. The van der Waals surface area contributed by atoms with E-state index in [4.69, 9.17) is 5.11 Å². The lowest BCUT2D eigenvalue weighted by Gasteiger charge is -2.12. The van der Waals surface area contributed by atoms with Gasteiger partial charge in [0.15, 0.2) is 0 Å². The van der Waals surface area contributed by atoms with Gasteiger partial charge in [-0.05, 0) is 24.0 Å². The summed E-state index contributed by atoms with van der Waals surface area (Å²) in [5, 5.41) is 20.4. The molecule has 1 heterocycles. The molecule has 0 saturated heterocycles. The summed E-state index contributed by atoms with van der Waals surface area (Å²) >= 11 is 0. The number of aliphatic hydroxyl groups is 1. The molecule has 0 fully saturated rings. The molecule has 1 unspecified atom stereocenters. The van der Waals surface area contributed by atoms with Gasteiger partial charge >= 0.3 is 0 Å². The van der Waals surface area contributed by atoms with Crippen molar-refractivity contribution in [3.8, 4) is 0 Å². The van der Waals surface area contributed by atoms with Crippen molar-refractivity contribution in [1.82, 2.24) is 20.3 Å². The monoisotopic (exact) mass is 258 g/mol. The van der Waals surface area contributed by atoms with E-state index in [1.54, 1.807) is 4.68 Å². The van der Waals surface area contributed by atoms with Crippen LogP contribution in [0.4, 0.5) is 0 Å². The summed E-state index contributed by atoms with van der Waals surface area (Å²) in [5.74, 6) is 0. The fraction of sp³-hybridized carbons (Fsp3) is 0.429. The van der Waals surface area contributed by atoms with E-state index < -0.39 is 0 Å². The molecule has 0 bridgehead atoms. The van der Waals surface area contributed by atoms with E-state index in [1.165, 1.54) is 11.1 Å². The summed E-state index contributed by atoms with van der Waals surface area (Å²) in [5.41, 5.74) is 3.77. The fourth-order valence-electron chi connectivity index (χ4n) is 2.63. The molecule has 3 rings (SSSR count). The number of hydrogen-bond donors (Lipinski definition) is 2. The van der Waals surface area contributed by atoms with Gasteiger partial charge in [-0.1, -0.05) is 29.5 Å². The van der Waals surface area contributed by atoms with Gasteiger partial charge in [0.2, 0.25) is 0 Å². The average Bonchev–Trinajstić information content (AvgIpc) is 3.04. The molecular formula is C14H18N4O. The van der Waals surface area contributed by atoms with Gasteiger partial charge in [-0.3, -0.25) is 0 Å². The standard InChI is InChI=1S/C14H18N4O/c19-8-7-18-10-12(16-17-18)9-15-14-6-5-11-3-1-2-4-13(11)14/h1-4,10,14-15,19H,5-9H2. The smallest absolute Gasteiger partial charge is 0.0965 e. The number of benzene rings is 1.